The van der Waals surface area contributed by atoms with Crippen molar-refractivity contribution >= 4 is 29.0 Å². The lowest BCUT2D eigenvalue weighted by Crippen LogP contribution is -2.13. The SMILES string of the molecule is Nc1ccc(CCC(=O)Nc2cc(Cl)ccn2)cc1. The van der Waals surface area contributed by atoms with E-state index in [2.05, 4.69) is 10.3 Å². The first-order chi connectivity index (χ1) is 9.13. The molecule has 98 valence electrons. The van der Waals surface area contributed by atoms with E-state index in [0.29, 0.717) is 23.7 Å². The average molecular weight is 276 g/mol. The number of hydrogen-bond acceptors (Lipinski definition) is 3. The normalized spacial score (nSPS) is 10.2. The zero-order valence-electron chi connectivity index (χ0n) is 10.3. The third kappa shape index (κ3) is 4.26. The molecular weight excluding hydrogens is 262 g/mol. The maximum Gasteiger partial charge on any atom is 0.225 e. The first-order valence-electron chi connectivity index (χ1n) is 5.89. The Kier molecular flexibility index (Phi) is 4.36. The number of pyridine rings is 1. The number of nitrogens with one attached hydrogen (secondary N) is 1. The van der Waals surface area contributed by atoms with E-state index in [1.807, 2.05) is 24.3 Å². The highest BCUT2D eigenvalue weighted by molar-refractivity contribution is 6.30. The number of rotatable bonds is 4. The van der Waals surface area contributed by atoms with Gasteiger partial charge in [0.25, 0.3) is 0 Å². The predicted octanol–water partition coefficient (Wildman–Crippen LogP) is 2.89. The van der Waals surface area contributed by atoms with Gasteiger partial charge in [-0.3, -0.25) is 4.79 Å². The molecular formula is C14H14ClN3O. The van der Waals surface area contributed by atoms with Gasteiger partial charge in [-0.25, -0.2) is 4.98 Å². The largest absolute Gasteiger partial charge is 0.399 e. The lowest BCUT2D eigenvalue weighted by molar-refractivity contribution is -0.116. The Morgan fingerprint density at radius 3 is 2.68 bits per heavy atom. The minimum atomic E-state index is -0.0911. The number of nitrogens with zero attached hydrogens (tertiary/aromatic N) is 1. The Balaban J connectivity index is 1.86. The summed E-state index contributed by atoms with van der Waals surface area (Å²) in [4.78, 5) is 15.8. The highest BCUT2D eigenvalue weighted by Gasteiger charge is 2.04. The van der Waals surface area contributed by atoms with Gasteiger partial charge in [0.15, 0.2) is 0 Å². The zero-order valence-corrected chi connectivity index (χ0v) is 11.0. The molecule has 5 heteroatoms. The number of aryl methyl sites for hydroxylation is 1. The number of nitrogen functional groups attached to an aromatic ring is 1. The van der Waals surface area contributed by atoms with Crippen LogP contribution in [0.15, 0.2) is 42.6 Å². The maximum atomic E-state index is 11.7. The highest BCUT2D eigenvalue weighted by atomic mass is 35.5. The predicted molar refractivity (Wildman–Crippen MR) is 77.1 cm³/mol. The molecule has 0 saturated heterocycles. The van der Waals surface area contributed by atoms with Crippen molar-refractivity contribution in [2.75, 3.05) is 11.1 Å². The van der Waals surface area contributed by atoms with Gasteiger partial charge in [0, 0.05) is 23.3 Å². The van der Waals surface area contributed by atoms with Gasteiger partial charge in [0.2, 0.25) is 5.91 Å². The van der Waals surface area contributed by atoms with Crippen LogP contribution < -0.4 is 11.1 Å². The molecule has 1 heterocycles. The van der Waals surface area contributed by atoms with Crippen molar-refractivity contribution < 1.29 is 4.79 Å². The molecule has 2 rings (SSSR count). The number of aromatic nitrogens is 1. The second-order valence-electron chi connectivity index (χ2n) is 4.15. The van der Waals surface area contributed by atoms with Crippen LogP contribution in [0.1, 0.15) is 12.0 Å². The van der Waals surface area contributed by atoms with E-state index in [1.54, 1.807) is 18.3 Å². The van der Waals surface area contributed by atoms with E-state index in [1.165, 1.54) is 0 Å². The van der Waals surface area contributed by atoms with Crippen LogP contribution in [0.25, 0.3) is 0 Å². The van der Waals surface area contributed by atoms with Crippen LogP contribution in [-0.4, -0.2) is 10.9 Å². The van der Waals surface area contributed by atoms with Crippen LogP contribution in [0, 0.1) is 0 Å². The van der Waals surface area contributed by atoms with Crippen LogP contribution >= 0.6 is 11.6 Å². The van der Waals surface area contributed by atoms with Crippen LogP contribution in [-0.2, 0) is 11.2 Å². The molecule has 0 fully saturated rings. The summed E-state index contributed by atoms with van der Waals surface area (Å²) in [6, 6.07) is 10.8. The molecule has 2 aromatic rings. The highest BCUT2D eigenvalue weighted by Crippen LogP contribution is 2.12. The van der Waals surface area contributed by atoms with Crippen molar-refractivity contribution in [2.45, 2.75) is 12.8 Å². The fourth-order valence-electron chi connectivity index (χ4n) is 1.62. The Hall–Kier alpha value is -2.07. The number of nitrogens with two attached hydrogens (primary N) is 1. The zero-order chi connectivity index (χ0) is 13.7. The number of hydrogen-bond donors (Lipinski definition) is 2. The van der Waals surface area contributed by atoms with Crippen molar-refractivity contribution in [3.05, 3.63) is 53.2 Å². The van der Waals surface area contributed by atoms with E-state index in [9.17, 15) is 4.79 Å². The number of carbonyl (C=O) groups is 1. The molecule has 1 aromatic carbocycles. The van der Waals surface area contributed by atoms with Gasteiger partial charge in [0.1, 0.15) is 5.82 Å². The van der Waals surface area contributed by atoms with Gasteiger partial charge in [-0.05, 0) is 36.2 Å². The minimum Gasteiger partial charge on any atom is -0.399 e. The standard InChI is InChI=1S/C14H14ClN3O/c15-11-7-8-17-13(9-11)18-14(19)6-3-10-1-4-12(16)5-2-10/h1-2,4-5,7-9H,3,6,16H2,(H,17,18,19). The smallest absolute Gasteiger partial charge is 0.225 e. The Morgan fingerprint density at radius 1 is 1.26 bits per heavy atom. The lowest BCUT2D eigenvalue weighted by atomic mass is 10.1. The Bertz CT molecular complexity index is 569. The van der Waals surface area contributed by atoms with Crippen molar-refractivity contribution in [3.8, 4) is 0 Å². The molecule has 0 radical (unpaired) electrons. The van der Waals surface area contributed by atoms with E-state index in [0.717, 1.165) is 11.3 Å². The fraction of sp³-hybridized carbons (Fsp3) is 0.143. The second-order valence-corrected chi connectivity index (χ2v) is 4.59. The fourth-order valence-corrected chi connectivity index (χ4v) is 1.78. The van der Waals surface area contributed by atoms with Crippen molar-refractivity contribution in [1.29, 1.82) is 0 Å². The van der Waals surface area contributed by atoms with Gasteiger partial charge < -0.3 is 11.1 Å². The molecule has 0 bridgehead atoms. The van der Waals surface area contributed by atoms with Gasteiger partial charge in [0.05, 0.1) is 0 Å². The molecule has 0 aliphatic heterocycles. The monoisotopic (exact) mass is 275 g/mol. The summed E-state index contributed by atoms with van der Waals surface area (Å²) in [6.07, 6.45) is 2.60. The topological polar surface area (TPSA) is 68.0 Å². The van der Waals surface area contributed by atoms with Gasteiger partial charge in [-0.2, -0.15) is 0 Å². The van der Waals surface area contributed by atoms with Crippen molar-refractivity contribution in [3.63, 3.8) is 0 Å². The van der Waals surface area contributed by atoms with E-state index in [4.69, 9.17) is 17.3 Å². The molecule has 0 aliphatic rings. The summed E-state index contributed by atoms with van der Waals surface area (Å²) < 4.78 is 0. The minimum absolute atomic E-state index is 0.0911. The molecule has 19 heavy (non-hydrogen) atoms. The quantitative estimate of drug-likeness (QED) is 0.843. The summed E-state index contributed by atoms with van der Waals surface area (Å²) in [5.41, 5.74) is 7.39. The van der Waals surface area contributed by atoms with Crippen LogP contribution in [0.5, 0.6) is 0 Å². The first-order valence-corrected chi connectivity index (χ1v) is 6.27. The first kappa shape index (κ1) is 13.4. The third-order valence-electron chi connectivity index (χ3n) is 2.61. The second kappa shape index (κ2) is 6.20. The van der Waals surface area contributed by atoms with Crippen molar-refractivity contribution in [1.82, 2.24) is 4.98 Å². The molecule has 0 saturated carbocycles. The van der Waals surface area contributed by atoms with Crippen molar-refractivity contribution in [2.24, 2.45) is 0 Å². The summed E-state index contributed by atoms with van der Waals surface area (Å²) in [5, 5.41) is 3.25. The average Bonchev–Trinajstić information content (AvgIpc) is 2.38. The molecule has 1 amide bonds. The molecule has 0 spiro atoms. The molecule has 0 aliphatic carbocycles. The molecule has 3 N–H and O–H groups in total. The van der Waals surface area contributed by atoms with Gasteiger partial charge in [-0.15, -0.1) is 0 Å². The van der Waals surface area contributed by atoms with E-state index in [-0.39, 0.29) is 5.91 Å². The summed E-state index contributed by atoms with van der Waals surface area (Å²) in [7, 11) is 0. The Morgan fingerprint density at radius 2 is 2.00 bits per heavy atom. The van der Waals surface area contributed by atoms with Crippen LogP contribution in [0.4, 0.5) is 11.5 Å². The van der Waals surface area contributed by atoms with Gasteiger partial charge in [-0.1, -0.05) is 23.7 Å². The van der Waals surface area contributed by atoms with E-state index < -0.39 is 0 Å². The van der Waals surface area contributed by atoms with E-state index >= 15 is 0 Å². The molecule has 4 nitrogen and oxygen atoms in total. The number of anilines is 2. The summed E-state index contributed by atoms with van der Waals surface area (Å²) >= 11 is 5.81. The summed E-state index contributed by atoms with van der Waals surface area (Å²) in [5.74, 6) is 0.376. The Labute approximate surface area is 116 Å². The third-order valence-corrected chi connectivity index (χ3v) is 2.85. The summed E-state index contributed by atoms with van der Waals surface area (Å²) in [6.45, 7) is 0. The number of halogens is 1. The van der Waals surface area contributed by atoms with Crippen LogP contribution in [0.2, 0.25) is 5.02 Å². The molecule has 0 unspecified atom stereocenters. The molecule has 1 aromatic heterocycles. The maximum absolute atomic E-state index is 11.7. The lowest BCUT2D eigenvalue weighted by Gasteiger charge is -2.05. The number of benzene rings is 1. The number of carbonyl (C=O) groups excluding carboxylic acids is 1. The molecule has 0 atom stereocenters. The van der Waals surface area contributed by atoms with Crippen LogP contribution in [0.3, 0.4) is 0 Å². The number of amides is 1. The van der Waals surface area contributed by atoms with Gasteiger partial charge >= 0.3 is 0 Å².